The normalized spacial score (nSPS) is 15.4. The largest absolute Gasteiger partial charge is 0.491 e. The van der Waals surface area contributed by atoms with Crippen molar-refractivity contribution >= 4 is 16.7 Å². The first-order chi connectivity index (χ1) is 10.4. The van der Waals surface area contributed by atoms with Crippen molar-refractivity contribution in [1.82, 2.24) is 9.97 Å². The number of benzene rings is 1. The van der Waals surface area contributed by atoms with Crippen LogP contribution in [0.5, 0.6) is 5.75 Å². The highest BCUT2D eigenvalue weighted by Crippen LogP contribution is 2.28. The highest BCUT2D eigenvalue weighted by Gasteiger charge is 2.15. The summed E-state index contributed by atoms with van der Waals surface area (Å²) < 4.78 is 10.6. The van der Waals surface area contributed by atoms with Gasteiger partial charge in [0.2, 0.25) is 0 Å². The number of ether oxygens (including phenoxy) is 2. The molecule has 1 aliphatic rings. The molecule has 5 heteroatoms. The smallest absolute Gasteiger partial charge is 0.139 e. The summed E-state index contributed by atoms with van der Waals surface area (Å²) in [6.07, 6.45) is 5.44. The fourth-order valence-electron chi connectivity index (χ4n) is 2.71. The van der Waals surface area contributed by atoms with E-state index in [1.807, 2.05) is 12.1 Å². The van der Waals surface area contributed by atoms with E-state index in [9.17, 15) is 0 Å². The third-order valence-corrected chi connectivity index (χ3v) is 3.80. The molecular weight excluding hydrogens is 266 g/mol. The number of piperidine rings is 1. The lowest BCUT2D eigenvalue weighted by atomic mass is 10.1. The predicted octanol–water partition coefficient (Wildman–Crippen LogP) is 2.65. The molecular formula is C16H21N3O2. The summed E-state index contributed by atoms with van der Waals surface area (Å²) in [5.74, 6) is 1.87. The molecule has 5 nitrogen and oxygen atoms in total. The molecule has 0 bridgehead atoms. The molecule has 0 N–H and O–H groups in total. The Morgan fingerprint density at radius 3 is 2.76 bits per heavy atom. The maximum absolute atomic E-state index is 5.64. The predicted molar refractivity (Wildman–Crippen MR) is 83.0 cm³/mol. The Labute approximate surface area is 124 Å². The average Bonchev–Trinajstić information content (AvgIpc) is 2.55. The van der Waals surface area contributed by atoms with Crippen molar-refractivity contribution in [3.8, 4) is 5.75 Å². The van der Waals surface area contributed by atoms with E-state index >= 15 is 0 Å². The zero-order valence-corrected chi connectivity index (χ0v) is 12.4. The van der Waals surface area contributed by atoms with Crippen LogP contribution in [0.25, 0.3) is 10.9 Å². The zero-order valence-electron chi connectivity index (χ0n) is 12.4. The van der Waals surface area contributed by atoms with Gasteiger partial charge in [-0.1, -0.05) is 0 Å². The van der Waals surface area contributed by atoms with Gasteiger partial charge in [0.1, 0.15) is 24.5 Å². The van der Waals surface area contributed by atoms with Crippen LogP contribution in [-0.2, 0) is 4.74 Å². The van der Waals surface area contributed by atoms with E-state index in [2.05, 4.69) is 20.9 Å². The van der Waals surface area contributed by atoms with Crippen molar-refractivity contribution in [3.05, 3.63) is 24.5 Å². The van der Waals surface area contributed by atoms with Crippen molar-refractivity contribution in [1.29, 1.82) is 0 Å². The number of fused-ring (bicyclic) bond motifs is 1. The number of nitrogens with zero attached hydrogens (tertiary/aromatic N) is 3. The summed E-state index contributed by atoms with van der Waals surface area (Å²) in [4.78, 5) is 11.2. The van der Waals surface area contributed by atoms with E-state index in [4.69, 9.17) is 9.47 Å². The van der Waals surface area contributed by atoms with Crippen molar-refractivity contribution in [3.63, 3.8) is 0 Å². The third kappa shape index (κ3) is 3.24. The first-order valence-electron chi connectivity index (χ1n) is 7.50. The van der Waals surface area contributed by atoms with Crippen molar-refractivity contribution in [2.45, 2.75) is 19.3 Å². The van der Waals surface area contributed by atoms with Crippen molar-refractivity contribution < 1.29 is 9.47 Å². The molecule has 1 fully saturated rings. The standard InChI is InChI=1S/C16H21N3O2/c1-20-9-10-21-13-5-6-14-15(11-13)17-12-18-16(14)19-7-3-2-4-8-19/h5-6,11-12H,2-4,7-10H2,1H3. The number of methoxy groups -OCH3 is 1. The zero-order chi connectivity index (χ0) is 14.5. The Kier molecular flexibility index (Phi) is 4.50. The minimum absolute atomic E-state index is 0.548. The third-order valence-electron chi connectivity index (χ3n) is 3.80. The maximum atomic E-state index is 5.64. The molecule has 0 radical (unpaired) electrons. The molecule has 0 atom stereocenters. The Hall–Kier alpha value is -1.88. The maximum Gasteiger partial charge on any atom is 0.139 e. The first-order valence-corrected chi connectivity index (χ1v) is 7.50. The average molecular weight is 287 g/mol. The van der Waals surface area contributed by atoms with Gasteiger partial charge in [-0.05, 0) is 31.4 Å². The highest BCUT2D eigenvalue weighted by molar-refractivity contribution is 5.90. The van der Waals surface area contributed by atoms with E-state index < -0.39 is 0 Å². The van der Waals surface area contributed by atoms with Gasteiger partial charge in [0.25, 0.3) is 0 Å². The number of hydrogen-bond donors (Lipinski definition) is 0. The Bertz CT molecular complexity index is 597. The van der Waals surface area contributed by atoms with Gasteiger partial charge < -0.3 is 14.4 Å². The molecule has 0 aliphatic carbocycles. The van der Waals surface area contributed by atoms with Crippen molar-refractivity contribution in [2.75, 3.05) is 38.3 Å². The van der Waals surface area contributed by atoms with Crippen LogP contribution >= 0.6 is 0 Å². The monoisotopic (exact) mass is 287 g/mol. The second-order valence-corrected chi connectivity index (χ2v) is 5.27. The summed E-state index contributed by atoms with van der Waals surface area (Å²) >= 11 is 0. The van der Waals surface area contributed by atoms with E-state index in [-0.39, 0.29) is 0 Å². The van der Waals surface area contributed by atoms with Crippen LogP contribution in [0.1, 0.15) is 19.3 Å². The topological polar surface area (TPSA) is 47.5 Å². The molecule has 3 rings (SSSR count). The number of aromatic nitrogens is 2. The van der Waals surface area contributed by atoms with E-state index in [0.717, 1.165) is 35.6 Å². The van der Waals surface area contributed by atoms with Crippen LogP contribution in [-0.4, -0.2) is 43.4 Å². The summed E-state index contributed by atoms with van der Waals surface area (Å²) in [6, 6.07) is 6.01. The molecule has 1 saturated heterocycles. The van der Waals surface area contributed by atoms with Gasteiger partial charge in [0.15, 0.2) is 0 Å². The quantitative estimate of drug-likeness (QED) is 0.791. The van der Waals surface area contributed by atoms with Gasteiger partial charge in [-0.3, -0.25) is 0 Å². The van der Waals surface area contributed by atoms with E-state index in [0.29, 0.717) is 13.2 Å². The van der Waals surface area contributed by atoms with Crippen LogP contribution < -0.4 is 9.64 Å². The van der Waals surface area contributed by atoms with Gasteiger partial charge in [-0.2, -0.15) is 0 Å². The molecule has 0 saturated carbocycles. The Morgan fingerprint density at radius 1 is 1.10 bits per heavy atom. The van der Waals surface area contributed by atoms with Crippen LogP contribution in [0, 0.1) is 0 Å². The van der Waals surface area contributed by atoms with Gasteiger partial charge in [0, 0.05) is 31.7 Å². The molecule has 1 aromatic carbocycles. The lowest BCUT2D eigenvalue weighted by molar-refractivity contribution is 0.146. The molecule has 21 heavy (non-hydrogen) atoms. The second kappa shape index (κ2) is 6.72. The fraction of sp³-hybridized carbons (Fsp3) is 0.500. The van der Waals surface area contributed by atoms with E-state index in [1.54, 1.807) is 13.4 Å². The molecule has 1 aliphatic heterocycles. The minimum atomic E-state index is 0.548. The van der Waals surface area contributed by atoms with Gasteiger partial charge in [-0.15, -0.1) is 0 Å². The van der Waals surface area contributed by atoms with Gasteiger partial charge >= 0.3 is 0 Å². The lowest BCUT2D eigenvalue weighted by Crippen LogP contribution is -2.30. The second-order valence-electron chi connectivity index (χ2n) is 5.27. The summed E-state index contributed by atoms with van der Waals surface area (Å²) in [5.41, 5.74) is 0.931. The molecule has 112 valence electrons. The van der Waals surface area contributed by atoms with Gasteiger partial charge in [-0.25, -0.2) is 9.97 Å². The molecule has 2 aromatic rings. The van der Waals surface area contributed by atoms with Crippen LogP contribution in [0.15, 0.2) is 24.5 Å². The van der Waals surface area contributed by atoms with Crippen LogP contribution in [0.2, 0.25) is 0 Å². The lowest BCUT2D eigenvalue weighted by Gasteiger charge is -2.28. The first kappa shape index (κ1) is 14.1. The molecule has 1 aromatic heterocycles. The molecule has 0 spiro atoms. The number of anilines is 1. The van der Waals surface area contributed by atoms with Crippen molar-refractivity contribution in [2.24, 2.45) is 0 Å². The summed E-state index contributed by atoms with van der Waals surface area (Å²) in [7, 11) is 1.67. The van der Waals surface area contributed by atoms with Crippen LogP contribution in [0.3, 0.4) is 0 Å². The van der Waals surface area contributed by atoms with Crippen LogP contribution in [0.4, 0.5) is 5.82 Å². The molecule has 0 amide bonds. The number of rotatable bonds is 5. The number of hydrogen-bond acceptors (Lipinski definition) is 5. The van der Waals surface area contributed by atoms with Gasteiger partial charge in [0.05, 0.1) is 12.1 Å². The summed E-state index contributed by atoms with van der Waals surface area (Å²) in [5, 5.41) is 1.10. The highest BCUT2D eigenvalue weighted by atomic mass is 16.5. The molecule has 0 unspecified atom stereocenters. The SMILES string of the molecule is COCCOc1ccc2c(N3CCCCC3)ncnc2c1. The molecule has 2 heterocycles. The van der Waals surface area contributed by atoms with E-state index in [1.165, 1.54) is 19.3 Å². The Morgan fingerprint density at radius 2 is 1.95 bits per heavy atom. The summed E-state index contributed by atoms with van der Waals surface area (Å²) in [6.45, 7) is 3.29. The fourth-order valence-corrected chi connectivity index (χ4v) is 2.71. The minimum Gasteiger partial charge on any atom is -0.491 e. The Balaban J connectivity index is 1.85.